The lowest BCUT2D eigenvalue weighted by molar-refractivity contribution is -0.122. The van der Waals surface area contributed by atoms with E-state index in [1.807, 2.05) is 6.92 Å². The number of carbonyl (C=O) groups is 2. The molecule has 0 aromatic heterocycles. The highest BCUT2D eigenvalue weighted by molar-refractivity contribution is 9.10. The zero-order valence-corrected chi connectivity index (χ0v) is 17.2. The molecule has 2 amide bonds. The largest absolute Gasteiger partial charge is 0.493 e. The lowest BCUT2D eigenvalue weighted by atomic mass is 10.2. The van der Waals surface area contributed by atoms with Gasteiger partial charge in [-0.15, -0.1) is 0 Å². The Kier molecular flexibility index (Phi) is 7.82. The van der Waals surface area contributed by atoms with E-state index in [2.05, 4.69) is 31.8 Å². The summed E-state index contributed by atoms with van der Waals surface area (Å²) in [6, 6.07) is 11.3. The quantitative estimate of drug-likeness (QED) is 0.496. The topological polar surface area (TPSA) is 79.8 Å². The predicted molar refractivity (Wildman–Crippen MR) is 109 cm³/mol. The average Bonchev–Trinajstić information content (AvgIpc) is 2.64. The molecule has 0 aliphatic carbocycles. The molecular formula is C19H19BrClN3O3. The second-order valence-electron chi connectivity index (χ2n) is 5.52. The Morgan fingerprint density at radius 1 is 1.30 bits per heavy atom. The molecule has 0 aliphatic rings. The molecule has 0 aliphatic heterocycles. The van der Waals surface area contributed by atoms with Crippen LogP contribution in [0, 0.1) is 0 Å². The van der Waals surface area contributed by atoms with Crippen molar-refractivity contribution in [2.75, 3.05) is 6.61 Å². The molecule has 2 rings (SSSR count). The number of halogens is 2. The van der Waals surface area contributed by atoms with Crippen LogP contribution in [0.4, 0.5) is 0 Å². The highest BCUT2D eigenvalue weighted by Gasteiger charge is 2.17. The molecule has 27 heavy (non-hydrogen) atoms. The first-order valence-corrected chi connectivity index (χ1v) is 9.40. The van der Waals surface area contributed by atoms with Gasteiger partial charge in [-0.25, -0.2) is 5.43 Å². The SMILES string of the molecule is CCOc1ccc(Cl)cc1C=NNC(=O)C(C)NC(=O)c1ccccc1Br. The first-order chi connectivity index (χ1) is 12.9. The third-order valence-corrected chi connectivity index (χ3v) is 4.44. The normalized spacial score (nSPS) is 11.9. The van der Waals surface area contributed by atoms with E-state index in [0.717, 1.165) is 0 Å². The highest BCUT2D eigenvalue weighted by atomic mass is 79.9. The Morgan fingerprint density at radius 3 is 2.74 bits per heavy atom. The molecule has 0 heterocycles. The number of carbonyl (C=O) groups excluding carboxylic acids is 2. The summed E-state index contributed by atoms with van der Waals surface area (Å²) in [5, 5.41) is 7.07. The minimum Gasteiger partial charge on any atom is -0.493 e. The van der Waals surface area contributed by atoms with Gasteiger partial charge >= 0.3 is 0 Å². The van der Waals surface area contributed by atoms with Crippen LogP contribution in [0.1, 0.15) is 29.8 Å². The second-order valence-corrected chi connectivity index (χ2v) is 6.82. The van der Waals surface area contributed by atoms with Gasteiger partial charge in [-0.05, 0) is 60.1 Å². The van der Waals surface area contributed by atoms with E-state index in [1.54, 1.807) is 49.4 Å². The fourth-order valence-corrected chi connectivity index (χ4v) is 2.80. The Labute approximate surface area is 171 Å². The van der Waals surface area contributed by atoms with Crippen LogP contribution in [0.5, 0.6) is 5.75 Å². The highest BCUT2D eigenvalue weighted by Crippen LogP contribution is 2.21. The molecule has 142 valence electrons. The van der Waals surface area contributed by atoms with E-state index >= 15 is 0 Å². The van der Waals surface area contributed by atoms with Crippen molar-refractivity contribution in [2.24, 2.45) is 5.10 Å². The Hall–Kier alpha value is -2.38. The molecule has 0 bridgehead atoms. The summed E-state index contributed by atoms with van der Waals surface area (Å²) in [6.07, 6.45) is 1.44. The molecular weight excluding hydrogens is 434 g/mol. The summed E-state index contributed by atoms with van der Waals surface area (Å²) >= 11 is 9.29. The summed E-state index contributed by atoms with van der Waals surface area (Å²) < 4.78 is 6.14. The fraction of sp³-hybridized carbons (Fsp3) is 0.211. The standard InChI is InChI=1S/C19H19BrClN3O3/c1-3-27-17-9-8-14(21)10-13(17)11-22-24-18(25)12(2)23-19(26)15-6-4-5-7-16(15)20/h4-12H,3H2,1-2H3,(H,23,26)(H,24,25). The van der Waals surface area contributed by atoms with Crippen LogP contribution in [0.15, 0.2) is 52.0 Å². The molecule has 1 atom stereocenters. The molecule has 2 N–H and O–H groups in total. The molecule has 0 spiro atoms. The zero-order chi connectivity index (χ0) is 19.8. The second kappa shape index (κ2) is 10.1. The third kappa shape index (κ3) is 6.08. The zero-order valence-electron chi connectivity index (χ0n) is 14.8. The van der Waals surface area contributed by atoms with E-state index in [1.165, 1.54) is 6.21 Å². The number of ether oxygens (including phenoxy) is 1. The minimum absolute atomic E-state index is 0.359. The number of amides is 2. The number of rotatable bonds is 7. The van der Waals surface area contributed by atoms with Crippen molar-refractivity contribution in [3.05, 3.63) is 63.1 Å². The van der Waals surface area contributed by atoms with Gasteiger partial charge in [0, 0.05) is 15.1 Å². The van der Waals surface area contributed by atoms with Crippen molar-refractivity contribution in [1.82, 2.24) is 10.7 Å². The molecule has 2 aromatic rings. The van der Waals surface area contributed by atoms with Gasteiger partial charge in [-0.2, -0.15) is 5.10 Å². The lowest BCUT2D eigenvalue weighted by Crippen LogP contribution is -2.43. The number of nitrogens with zero attached hydrogens (tertiary/aromatic N) is 1. The summed E-state index contributed by atoms with van der Waals surface area (Å²) in [6.45, 7) is 3.93. The fourth-order valence-electron chi connectivity index (χ4n) is 2.15. The first kappa shape index (κ1) is 20.9. The minimum atomic E-state index is -0.771. The Morgan fingerprint density at radius 2 is 2.04 bits per heavy atom. The van der Waals surface area contributed by atoms with Crippen LogP contribution in [-0.4, -0.2) is 30.7 Å². The van der Waals surface area contributed by atoms with Gasteiger partial charge in [0.15, 0.2) is 0 Å². The van der Waals surface area contributed by atoms with Gasteiger partial charge in [-0.1, -0.05) is 23.7 Å². The smallest absolute Gasteiger partial charge is 0.262 e. The molecule has 1 unspecified atom stereocenters. The van der Waals surface area contributed by atoms with Crippen molar-refractivity contribution < 1.29 is 14.3 Å². The van der Waals surface area contributed by atoms with Gasteiger partial charge in [0.05, 0.1) is 18.4 Å². The van der Waals surface area contributed by atoms with Gasteiger partial charge in [0.25, 0.3) is 11.8 Å². The van der Waals surface area contributed by atoms with E-state index in [9.17, 15) is 9.59 Å². The monoisotopic (exact) mass is 451 g/mol. The van der Waals surface area contributed by atoms with E-state index in [-0.39, 0.29) is 5.91 Å². The van der Waals surface area contributed by atoms with Crippen LogP contribution in [0.25, 0.3) is 0 Å². The van der Waals surface area contributed by atoms with Crippen molar-refractivity contribution >= 4 is 45.6 Å². The van der Waals surface area contributed by atoms with Crippen LogP contribution >= 0.6 is 27.5 Å². The number of nitrogens with one attached hydrogen (secondary N) is 2. The van der Waals surface area contributed by atoms with Crippen molar-refractivity contribution in [1.29, 1.82) is 0 Å². The number of hydrogen-bond acceptors (Lipinski definition) is 4. The van der Waals surface area contributed by atoms with Crippen LogP contribution in [0.3, 0.4) is 0 Å². The van der Waals surface area contributed by atoms with Crippen molar-refractivity contribution in [3.63, 3.8) is 0 Å². The maximum atomic E-state index is 12.2. The van der Waals surface area contributed by atoms with Gasteiger partial charge < -0.3 is 10.1 Å². The van der Waals surface area contributed by atoms with Crippen molar-refractivity contribution in [3.8, 4) is 5.75 Å². The van der Waals surface area contributed by atoms with Gasteiger partial charge in [0.2, 0.25) is 0 Å². The summed E-state index contributed by atoms with van der Waals surface area (Å²) in [5.41, 5.74) is 3.48. The Balaban J connectivity index is 1.97. The predicted octanol–water partition coefficient (Wildman–Crippen LogP) is 3.77. The first-order valence-electron chi connectivity index (χ1n) is 8.23. The van der Waals surface area contributed by atoms with Gasteiger partial charge in [0.1, 0.15) is 11.8 Å². The molecule has 2 aromatic carbocycles. The van der Waals surface area contributed by atoms with Crippen LogP contribution in [0.2, 0.25) is 5.02 Å². The lowest BCUT2D eigenvalue weighted by Gasteiger charge is -2.13. The molecule has 8 heteroatoms. The molecule has 0 fully saturated rings. The molecule has 6 nitrogen and oxygen atoms in total. The summed E-state index contributed by atoms with van der Waals surface area (Å²) in [7, 11) is 0. The molecule has 0 saturated carbocycles. The van der Waals surface area contributed by atoms with Gasteiger partial charge in [-0.3, -0.25) is 9.59 Å². The summed E-state index contributed by atoms with van der Waals surface area (Å²) in [4.78, 5) is 24.4. The maximum Gasteiger partial charge on any atom is 0.262 e. The summed E-state index contributed by atoms with van der Waals surface area (Å²) in [5.74, 6) is -0.204. The maximum absolute atomic E-state index is 12.2. The van der Waals surface area contributed by atoms with E-state index in [4.69, 9.17) is 16.3 Å². The van der Waals surface area contributed by atoms with Crippen LogP contribution in [-0.2, 0) is 4.79 Å². The van der Waals surface area contributed by atoms with E-state index < -0.39 is 11.9 Å². The molecule has 0 radical (unpaired) electrons. The average molecular weight is 453 g/mol. The van der Waals surface area contributed by atoms with Crippen LogP contribution < -0.4 is 15.5 Å². The van der Waals surface area contributed by atoms with E-state index in [0.29, 0.717) is 33.0 Å². The third-order valence-electron chi connectivity index (χ3n) is 3.51. The van der Waals surface area contributed by atoms with Crippen molar-refractivity contribution in [2.45, 2.75) is 19.9 Å². The number of benzene rings is 2. The molecule has 0 saturated heterocycles. The Bertz CT molecular complexity index is 858. The number of hydrazone groups is 1. The number of hydrogen-bond donors (Lipinski definition) is 2.